The highest BCUT2D eigenvalue weighted by molar-refractivity contribution is 7.80. The summed E-state index contributed by atoms with van der Waals surface area (Å²) in [5.41, 5.74) is 0. The molecule has 1 aromatic rings. The summed E-state index contributed by atoms with van der Waals surface area (Å²) in [5.74, 6) is 0.636. The van der Waals surface area contributed by atoms with E-state index in [1.165, 1.54) is 0 Å². The quantitative estimate of drug-likeness (QED) is 0.708. The van der Waals surface area contributed by atoms with Gasteiger partial charge in [0.2, 0.25) is 5.91 Å². The van der Waals surface area contributed by atoms with Crippen LogP contribution in [0.25, 0.3) is 0 Å². The van der Waals surface area contributed by atoms with Crippen molar-refractivity contribution in [2.75, 3.05) is 5.75 Å². The van der Waals surface area contributed by atoms with Gasteiger partial charge in [0.15, 0.2) is 0 Å². The van der Waals surface area contributed by atoms with E-state index in [0.29, 0.717) is 12.2 Å². The predicted octanol–water partition coefficient (Wildman–Crippen LogP) is 0.708. The SMILES string of the molecule is CC(Cn1ccnc1)NC(=O)CCS. The normalized spacial score (nSPS) is 12.4. The van der Waals surface area contributed by atoms with Crippen molar-refractivity contribution >= 4 is 18.5 Å². The van der Waals surface area contributed by atoms with Gasteiger partial charge in [0.05, 0.1) is 6.33 Å². The third-order valence-corrected chi connectivity index (χ3v) is 2.01. The molecule has 0 fully saturated rings. The standard InChI is InChI=1S/C9H15N3OS/c1-8(11-9(13)2-5-14)6-12-4-3-10-7-12/h3-4,7-8,14H,2,5-6H2,1H3,(H,11,13). The number of nitrogens with one attached hydrogen (secondary N) is 1. The van der Waals surface area contributed by atoms with Crippen molar-refractivity contribution in [2.24, 2.45) is 0 Å². The Bertz CT molecular complexity index is 274. The third-order valence-electron chi connectivity index (χ3n) is 1.79. The molecule has 14 heavy (non-hydrogen) atoms. The molecule has 1 N–H and O–H groups in total. The van der Waals surface area contributed by atoms with Crippen LogP contribution in [0.5, 0.6) is 0 Å². The van der Waals surface area contributed by atoms with Crippen molar-refractivity contribution in [1.82, 2.24) is 14.9 Å². The summed E-state index contributed by atoms with van der Waals surface area (Å²) in [6.07, 6.45) is 5.81. The van der Waals surface area contributed by atoms with Crippen LogP contribution in [0.3, 0.4) is 0 Å². The van der Waals surface area contributed by atoms with Crippen LogP contribution in [-0.4, -0.2) is 27.3 Å². The second-order valence-electron chi connectivity index (χ2n) is 3.20. The maximum absolute atomic E-state index is 11.2. The first-order chi connectivity index (χ1) is 6.72. The zero-order chi connectivity index (χ0) is 10.4. The summed E-state index contributed by atoms with van der Waals surface area (Å²) in [6.45, 7) is 2.72. The number of imidazole rings is 1. The van der Waals surface area contributed by atoms with Crippen LogP contribution in [0.2, 0.25) is 0 Å². The van der Waals surface area contributed by atoms with Gasteiger partial charge in [-0.1, -0.05) is 0 Å². The predicted molar refractivity (Wildman–Crippen MR) is 58.3 cm³/mol. The maximum atomic E-state index is 11.2. The molecule has 78 valence electrons. The average Bonchev–Trinajstić information content (AvgIpc) is 2.56. The fourth-order valence-corrected chi connectivity index (χ4v) is 1.41. The Hall–Kier alpha value is -0.970. The number of carbonyl (C=O) groups excluding carboxylic acids is 1. The van der Waals surface area contributed by atoms with Crippen LogP contribution >= 0.6 is 12.6 Å². The summed E-state index contributed by atoms with van der Waals surface area (Å²) in [4.78, 5) is 15.1. The molecule has 1 amide bonds. The molecule has 1 unspecified atom stereocenters. The van der Waals surface area contributed by atoms with Gasteiger partial charge in [0, 0.05) is 31.4 Å². The van der Waals surface area contributed by atoms with Crippen molar-refractivity contribution in [3.8, 4) is 0 Å². The lowest BCUT2D eigenvalue weighted by atomic mass is 10.3. The van der Waals surface area contributed by atoms with E-state index in [0.717, 1.165) is 6.54 Å². The molecule has 1 heterocycles. The van der Waals surface area contributed by atoms with E-state index in [9.17, 15) is 4.79 Å². The minimum atomic E-state index is 0.0487. The molecule has 5 heteroatoms. The molecule has 0 aliphatic heterocycles. The highest BCUT2D eigenvalue weighted by Gasteiger charge is 2.06. The molecule has 0 saturated heterocycles. The second-order valence-corrected chi connectivity index (χ2v) is 3.65. The van der Waals surface area contributed by atoms with E-state index >= 15 is 0 Å². The van der Waals surface area contributed by atoms with Crippen molar-refractivity contribution in [3.05, 3.63) is 18.7 Å². The van der Waals surface area contributed by atoms with E-state index in [1.54, 1.807) is 12.5 Å². The molecular weight excluding hydrogens is 198 g/mol. The second kappa shape index (κ2) is 5.70. The maximum Gasteiger partial charge on any atom is 0.221 e. The first-order valence-electron chi connectivity index (χ1n) is 4.58. The lowest BCUT2D eigenvalue weighted by molar-refractivity contribution is -0.121. The van der Waals surface area contributed by atoms with Gasteiger partial charge in [0.1, 0.15) is 0 Å². The van der Waals surface area contributed by atoms with Crippen LogP contribution in [0.4, 0.5) is 0 Å². The highest BCUT2D eigenvalue weighted by atomic mass is 32.1. The molecule has 0 radical (unpaired) electrons. The minimum absolute atomic E-state index is 0.0487. The van der Waals surface area contributed by atoms with Crippen molar-refractivity contribution in [2.45, 2.75) is 25.9 Å². The topological polar surface area (TPSA) is 46.9 Å². The van der Waals surface area contributed by atoms with Gasteiger partial charge in [-0.3, -0.25) is 4.79 Å². The summed E-state index contributed by atoms with van der Waals surface area (Å²) in [5, 5.41) is 2.88. The molecule has 4 nitrogen and oxygen atoms in total. The van der Waals surface area contributed by atoms with Crippen molar-refractivity contribution < 1.29 is 4.79 Å². The van der Waals surface area contributed by atoms with Gasteiger partial charge >= 0.3 is 0 Å². The summed E-state index contributed by atoms with van der Waals surface area (Å²) < 4.78 is 1.94. The average molecular weight is 213 g/mol. The Morgan fingerprint density at radius 1 is 1.71 bits per heavy atom. The van der Waals surface area contributed by atoms with Gasteiger partial charge in [-0.15, -0.1) is 0 Å². The molecule has 0 bridgehead atoms. The Labute approximate surface area is 89.1 Å². The van der Waals surface area contributed by atoms with E-state index in [1.807, 2.05) is 17.7 Å². The lowest BCUT2D eigenvalue weighted by Gasteiger charge is -2.13. The number of amides is 1. The van der Waals surface area contributed by atoms with Gasteiger partial charge in [0.25, 0.3) is 0 Å². The molecule has 1 aromatic heterocycles. The van der Waals surface area contributed by atoms with Crippen LogP contribution in [0, 0.1) is 0 Å². The molecule has 0 aliphatic rings. The zero-order valence-corrected chi connectivity index (χ0v) is 9.08. The van der Waals surface area contributed by atoms with Crippen LogP contribution in [0.1, 0.15) is 13.3 Å². The van der Waals surface area contributed by atoms with E-state index in [2.05, 4.69) is 22.9 Å². The molecule has 0 aromatic carbocycles. The number of aromatic nitrogens is 2. The van der Waals surface area contributed by atoms with Crippen LogP contribution < -0.4 is 5.32 Å². The Morgan fingerprint density at radius 2 is 2.50 bits per heavy atom. The molecule has 0 aliphatic carbocycles. The first-order valence-corrected chi connectivity index (χ1v) is 5.21. The summed E-state index contributed by atoms with van der Waals surface area (Å²) >= 11 is 4.00. The largest absolute Gasteiger partial charge is 0.352 e. The van der Waals surface area contributed by atoms with E-state index < -0.39 is 0 Å². The zero-order valence-electron chi connectivity index (χ0n) is 8.18. The summed E-state index contributed by atoms with van der Waals surface area (Å²) in [6, 6.07) is 0.122. The van der Waals surface area contributed by atoms with Crippen LogP contribution in [-0.2, 0) is 11.3 Å². The lowest BCUT2D eigenvalue weighted by Crippen LogP contribution is -2.35. The number of hydrogen-bond acceptors (Lipinski definition) is 3. The Morgan fingerprint density at radius 3 is 3.07 bits per heavy atom. The number of rotatable bonds is 5. The molecular formula is C9H15N3OS. The number of thiol groups is 1. The van der Waals surface area contributed by atoms with Gasteiger partial charge < -0.3 is 9.88 Å². The highest BCUT2D eigenvalue weighted by Crippen LogP contribution is 1.93. The van der Waals surface area contributed by atoms with E-state index in [4.69, 9.17) is 0 Å². The number of carbonyl (C=O) groups is 1. The molecule has 0 spiro atoms. The van der Waals surface area contributed by atoms with Gasteiger partial charge in [-0.25, -0.2) is 4.98 Å². The monoisotopic (exact) mass is 213 g/mol. The molecule has 1 rings (SSSR count). The first kappa shape index (κ1) is 11.1. The third kappa shape index (κ3) is 3.83. The Balaban J connectivity index is 2.29. The fourth-order valence-electron chi connectivity index (χ4n) is 1.21. The molecule has 0 saturated carbocycles. The van der Waals surface area contributed by atoms with Crippen molar-refractivity contribution in [1.29, 1.82) is 0 Å². The Kier molecular flexibility index (Phi) is 4.52. The summed E-state index contributed by atoms with van der Waals surface area (Å²) in [7, 11) is 0. The number of nitrogens with zero attached hydrogens (tertiary/aromatic N) is 2. The fraction of sp³-hybridized carbons (Fsp3) is 0.556. The van der Waals surface area contributed by atoms with E-state index in [-0.39, 0.29) is 11.9 Å². The minimum Gasteiger partial charge on any atom is -0.352 e. The van der Waals surface area contributed by atoms with Crippen molar-refractivity contribution in [3.63, 3.8) is 0 Å². The number of hydrogen-bond donors (Lipinski definition) is 2. The van der Waals surface area contributed by atoms with Gasteiger partial charge in [-0.2, -0.15) is 12.6 Å². The smallest absolute Gasteiger partial charge is 0.221 e. The molecule has 1 atom stereocenters. The van der Waals surface area contributed by atoms with Crippen LogP contribution in [0.15, 0.2) is 18.7 Å². The van der Waals surface area contributed by atoms with Gasteiger partial charge in [-0.05, 0) is 12.7 Å².